The number of fused-ring (bicyclic) bond motifs is 1. The number of ketones is 1. The summed E-state index contributed by atoms with van der Waals surface area (Å²) in [6, 6.07) is 11.3. The fourth-order valence-electron chi connectivity index (χ4n) is 4.62. The number of nitrogens with one attached hydrogen (secondary N) is 1. The second-order valence-electron chi connectivity index (χ2n) is 9.46. The van der Waals surface area contributed by atoms with Crippen LogP contribution in [0.3, 0.4) is 0 Å². The van der Waals surface area contributed by atoms with Crippen LogP contribution >= 0.6 is 45.9 Å². The van der Waals surface area contributed by atoms with E-state index in [0.717, 1.165) is 39.5 Å². The number of halogens is 2. The Bertz CT molecular complexity index is 1490. The van der Waals surface area contributed by atoms with Crippen molar-refractivity contribution in [1.29, 1.82) is 0 Å². The number of hydroxylamine groups is 2. The maximum atomic E-state index is 12.7. The van der Waals surface area contributed by atoms with Crippen molar-refractivity contribution in [3.8, 4) is 0 Å². The quantitative estimate of drug-likeness (QED) is 0.174. The minimum Gasteiger partial charge on any atom is -0.469 e. The zero-order chi connectivity index (χ0) is 28.2. The van der Waals surface area contributed by atoms with Crippen LogP contribution in [0.4, 0.5) is 10.8 Å². The van der Waals surface area contributed by atoms with Gasteiger partial charge in [0.1, 0.15) is 10.8 Å². The molecule has 2 atom stereocenters. The zero-order valence-electron chi connectivity index (χ0n) is 22.0. The van der Waals surface area contributed by atoms with Crippen LogP contribution in [0.2, 0.25) is 10.0 Å². The number of anilines is 2. The number of hydrogen-bond donors (Lipinski definition) is 1. The lowest BCUT2D eigenvalue weighted by molar-refractivity contribution is -0.176. The van der Waals surface area contributed by atoms with Gasteiger partial charge in [-0.05, 0) is 56.0 Å². The SMILES string of the molecule is COC(=O)CCc1cnc([C@@H]2CCCN2OCC(C(C)=O)c2cc(Cl)c(Nc3nc4ccccc4s3)cc2Cl)s1. The number of benzene rings is 2. The third kappa shape index (κ3) is 6.64. The number of aromatic nitrogens is 2. The third-order valence-electron chi connectivity index (χ3n) is 6.76. The fourth-order valence-corrected chi connectivity index (χ4v) is 7.07. The lowest BCUT2D eigenvalue weighted by Gasteiger charge is -2.25. The molecule has 1 fully saturated rings. The number of ether oxygens (including phenoxy) is 1. The summed E-state index contributed by atoms with van der Waals surface area (Å²) in [5, 5.41) is 7.65. The minimum absolute atomic E-state index is 0.0102. The molecule has 2 aromatic carbocycles. The number of methoxy groups -OCH3 is 1. The van der Waals surface area contributed by atoms with Gasteiger partial charge in [0, 0.05) is 22.6 Å². The molecule has 0 aliphatic carbocycles. The topological polar surface area (TPSA) is 93.6 Å². The number of carbonyl (C=O) groups excluding carboxylic acids is 2. The van der Waals surface area contributed by atoms with Gasteiger partial charge in [0.2, 0.25) is 0 Å². The molecule has 1 N–H and O–H groups in total. The summed E-state index contributed by atoms with van der Waals surface area (Å²) in [4.78, 5) is 40.6. The summed E-state index contributed by atoms with van der Waals surface area (Å²) in [7, 11) is 1.39. The molecular formula is C28H28Cl2N4O4S2. The van der Waals surface area contributed by atoms with Gasteiger partial charge in [-0.3, -0.25) is 14.4 Å². The Morgan fingerprint density at radius 1 is 1.20 bits per heavy atom. The van der Waals surface area contributed by atoms with Crippen molar-refractivity contribution in [1.82, 2.24) is 15.0 Å². The van der Waals surface area contributed by atoms with E-state index in [0.29, 0.717) is 39.3 Å². The number of carbonyl (C=O) groups is 2. The lowest BCUT2D eigenvalue weighted by Crippen LogP contribution is -2.28. The number of aryl methyl sites for hydroxylation is 1. The highest BCUT2D eigenvalue weighted by Gasteiger charge is 2.31. The van der Waals surface area contributed by atoms with E-state index < -0.39 is 5.92 Å². The van der Waals surface area contributed by atoms with Crippen molar-refractivity contribution in [2.45, 2.75) is 44.6 Å². The highest BCUT2D eigenvalue weighted by atomic mass is 35.5. The van der Waals surface area contributed by atoms with Crippen molar-refractivity contribution in [3.63, 3.8) is 0 Å². The van der Waals surface area contributed by atoms with Crippen LogP contribution in [0, 0.1) is 0 Å². The van der Waals surface area contributed by atoms with Crippen LogP contribution < -0.4 is 5.32 Å². The summed E-state index contributed by atoms with van der Waals surface area (Å²) in [5.41, 5.74) is 2.13. The first-order chi connectivity index (χ1) is 19.3. The highest BCUT2D eigenvalue weighted by molar-refractivity contribution is 7.22. The Labute approximate surface area is 250 Å². The molecule has 0 radical (unpaired) electrons. The first-order valence-electron chi connectivity index (χ1n) is 12.9. The van der Waals surface area contributed by atoms with E-state index in [9.17, 15) is 9.59 Å². The van der Waals surface area contributed by atoms with Crippen LogP contribution in [-0.4, -0.2) is 47.0 Å². The van der Waals surface area contributed by atoms with E-state index in [2.05, 4.69) is 15.3 Å². The molecule has 0 bridgehead atoms. The maximum Gasteiger partial charge on any atom is 0.305 e. The monoisotopic (exact) mass is 618 g/mol. The molecule has 1 aliphatic rings. The van der Waals surface area contributed by atoms with Crippen LogP contribution in [0.15, 0.2) is 42.6 Å². The maximum absolute atomic E-state index is 12.7. The Morgan fingerprint density at radius 3 is 2.80 bits per heavy atom. The van der Waals surface area contributed by atoms with Gasteiger partial charge < -0.3 is 10.1 Å². The first kappa shape index (κ1) is 28.9. The number of para-hydroxylation sites is 1. The Kier molecular flexibility index (Phi) is 9.34. The van der Waals surface area contributed by atoms with E-state index in [4.69, 9.17) is 32.8 Å². The van der Waals surface area contributed by atoms with Crippen molar-refractivity contribution in [3.05, 3.63) is 68.1 Å². The molecule has 0 amide bonds. The van der Waals surface area contributed by atoms with Crippen molar-refractivity contribution in [2.75, 3.05) is 25.6 Å². The number of esters is 1. The predicted octanol–water partition coefficient (Wildman–Crippen LogP) is 7.35. The van der Waals surface area contributed by atoms with Crippen LogP contribution in [0.5, 0.6) is 0 Å². The molecule has 1 unspecified atom stereocenters. The second-order valence-corrected chi connectivity index (χ2v) is 12.5. The van der Waals surface area contributed by atoms with Crippen molar-refractivity contribution in [2.24, 2.45) is 0 Å². The van der Waals surface area contributed by atoms with E-state index in [1.807, 2.05) is 35.5 Å². The number of hydrogen-bond acceptors (Lipinski definition) is 10. The summed E-state index contributed by atoms with van der Waals surface area (Å²) >= 11 is 16.4. The number of rotatable bonds is 11. The molecule has 12 heteroatoms. The molecule has 210 valence electrons. The average Bonchev–Trinajstić information content (AvgIpc) is 3.69. The molecule has 2 aromatic heterocycles. The van der Waals surface area contributed by atoms with Gasteiger partial charge in [-0.2, -0.15) is 5.06 Å². The molecule has 4 aromatic rings. The largest absolute Gasteiger partial charge is 0.469 e. The predicted molar refractivity (Wildman–Crippen MR) is 160 cm³/mol. The minimum atomic E-state index is -0.588. The van der Waals surface area contributed by atoms with E-state index >= 15 is 0 Å². The van der Waals surface area contributed by atoms with Crippen LogP contribution in [0.25, 0.3) is 10.2 Å². The van der Waals surface area contributed by atoms with Crippen LogP contribution in [-0.2, 0) is 25.6 Å². The molecule has 8 nitrogen and oxygen atoms in total. The molecule has 0 saturated carbocycles. The summed E-state index contributed by atoms with van der Waals surface area (Å²) in [6.07, 6.45) is 4.57. The molecule has 1 saturated heterocycles. The Balaban J connectivity index is 1.26. The van der Waals surface area contributed by atoms with Gasteiger partial charge in [0.15, 0.2) is 5.13 Å². The standard InChI is InChI=1S/C28H28Cl2N4O4S2/c1-16(35)19(15-38-34-11-5-7-24(34)27-31-14-17(39-27)9-10-26(36)37-2)18-12-21(30)23(13-20(18)29)33-28-32-22-6-3-4-8-25(22)40-28/h3-4,6,8,12-14,19,24H,5,7,9-11,15H2,1-2H3,(H,32,33)/t19?,24-/m0/s1. The molecule has 5 rings (SSSR count). The Hall–Kier alpha value is -2.60. The van der Waals surface area contributed by atoms with Crippen molar-refractivity contribution >= 4 is 78.7 Å². The number of Topliss-reactive ketones (excluding diaryl/α,β-unsaturated/α-hetero) is 1. The number of thiazole rings is 2. The molecule has 40 heavy (non-hydrogen) atoms. The first-order valence-corrected chi connectivity index (χ1v) is 15.2. The molecule has 3 heterocycles. The fraction of sp³-hybridized carbons (Fsp3) is 0.357. The molecule has 1 aliphatic heterocycles. The summed E-state index contributed by atoms with van der Waals surface area (Å²) in [5.74, 6) is -0.898. The van der Waals surface area contributed by atoms with Crippen molar-refractivity contribution < 1.29 is 19.2 Å². The number of nitrogens with zero attached hydrogens (tertiary/aromatic N) is 3. The van der Waals surface area contributed by atoms with Gasteiger partial charge in [0.25, 0.3) is 0 Å². The highest BCUT2D eigenvalue weighted by Crippen LogP contribution is 2.39. The van der Waals surface area contributed by atoms with Gasteiger partial charge in [-0.15, -0.1) is 11.3 Å². The van der Waals surface area contributed by atoms with E-state index in [-0.39, 0.29) is 24.4 Å². The molecule has 0 spiro atoms. The molecular weight excluding hydrogens is 591 g/mol. The lowest BCUT2D eigenvalue weighted by atomic mass is 9.96. The zero-order valence-corrected chi connectivity index (χ0v) is 25.1. The van der Waals surface area contributed by atoms with E-state index in [1.165, 1.54) is 25.4 Å². The van der Waals surface area contributed by atoms with Gasteiger partial charge in [-0.1, -0.05) is 46.7 Å². The van der Waals surface area contributed by atoms with Gasteiger partial charge in [0.05, 0.1) is 53.0 Å². The van der Waals surface area contributed by atoms with Gasteiger partial charge >= 0.3 is 5.97 Å². The third-order valence-corrected chi connectivity index (χ3v) is 9.51. The van der Waals surface area contributed by atoms with Gasteiger partial charge in [-0.25, -0.2) is 9.97 Å². The van der Waals surface area contributed by atoms with Crippen LogP contribution in [0.1, 0.15) is 53.6 Å². The Morgan fingerprint density at radius 2 is 2.02 bits per heavy atom. The van der Waals surface area contributed by atoms with E-state index in [1.54, 1.807) is 23.5 Å². The summed E-state index contributed by atoms with van der Waals surface area (Å²) < 4.78 is 5.79. The average molecular weight is 620 g/mol. The smallest absolute Gasteiger partial charge is 0.305 e. The normalized spacial score (nSPS) is 16.4. The second kappa shape index (κ2) is 12.9. The summed E-state index contributed by atoms with van der Waals surface area (Å²) in [6.45, 7) is 2.39.